The number of nitrogens with two attached hydrogens (primary N) is 1. The summed E-state index contributed by atoms with van der Waals surface area (Å²) in [5.74, 6) is 0. The number of nitrogens with zero attached hydrogens (tertiary/aromatic N) is 1. The summed E-state index contributed by atoms with van der Waals surface area (Å²) in [6, 6.07) is 11.6. The molecular weight excluding hydrogens is 200 g/mol. The van der Waals surface area contributed by atoms with Gasteiger partial charge in [0.2, 0.25) is 0 Å². The summed E-state index contributed by atoms with van der Waals surface area (Å²) in [6.07, 6.45) is 0. The molecule has 0 aliphatic rings. The Kier molecular flexibility index (Phi) is 3.74. The Hall–Kier alpha value is -1.05. The zero-order valence-electron chi connectivity index (χ0n) is 6.81. The molecule has 0 saturated carbocycles. The van der Waals surface area contributed by atoms with E-state index in [0.29, 0.717) is 4.32 Å². The van der Waals surface area contributed by atoms with Crippen LogP contribution in [0.2, 0.25) is 0 Å². The summed E-state index contributed by atoms with van der Waals surface area (Å²) in [7, 11) is 0. The maximum atomic E-state index is 8.84. The van der Waals surface area contributed by atoms with Gasteiger partial charge < -0.3 is 5.73 Å². The van der Waals surface area contributed by atoms with Gasteiger partial charge in [0.25, 0.3) is 0 Å². The zero-order valence-corrected chi connectivity index (χ0v) is 8.44. The first-order chi connectivity index (χ1) is 6.24. The Morgan fingerprint density at radius 3 is 2.54 bits per heavy atom. The quantitative estimate of drug-likeness (QED) is 0.757. The van der Waals surface area contributed by atoms with E-state index in [-0.39, 0.29) is 5.25 Å². The Bertz CT molecular complexity index is 329. The van der Waals surface area contributed by atoms with Gasteiger partial charge in [-0.2, -0.15) is 5.26 Å². The van der Waals surface area contributed by atoms with Crippen molar-refractivity contribution < 1.29 is 0 Å². The molecule has 1 atom stereocenters. The van der Waals surface area contributed by atoms with Crippen LogP contribution in [0.15, 0.2) is 30.3 Å². The Balaban J connectivity index is 2.80. The molecule has 0 radical (unpaired) electrons. The van der Waals surface area contributed by atoms with Gasteiger partial charge in [-0.25, -0.2) is 0 Å². The van der Waals surface area contributed by atoms with Gasteiger partial charge in [-0.05, 0) is 5.56 Å². The topological polar surface area (TPSA) is 49.8 Å². The summed E-state index contributed by atoms with van der Waals surface area (Å²) in [4.78, 5) is 0. The van der Waals surface area contributed by atoms with Crippen LogP contribution >= 0.6 is 24.0 Å². The van der Waals surface area contributed by atoms with Crippen LogP contribution < -0.4 is 5.73 Å². The van der Waals surface area contributed by atoms with Gasteiger partial charge in [-0.15, -0.1) is 0 Å². The number of hydrogen-bond donors (Lipinski definition) is 1. The number of hydrogen-bond acceptors (Lipinski definition) is 3. The van der Waals surface area contributed by atoms with Crippen LogP contribution in [-0.4, -0.2) is 4.32 Å². The lowest BCUT2D eigenvalue weighted by atomic mass is 10.2. The largest absolute Gasteiger partial charge is 0.385 e. The molecule has 0 saturated heterocycles. The van der Waals surface area contributed by atoms with E-state index in [9.17, 15) is 0 Å². The number of thiocarbonyl (C=S) groups is 1. The molecule has 2 nitrogen and oxygen atoms in total. The van der Waals surface area contributed by atoms with E-state index in [1.54, 1.807) is 0 Å². The molecule has 1 aromatic carbocycles. The van der Waals surface area contributed by atoms with Crippen molar-refractivity contribution in [3.63, 3.8) is 0 Å². The molecule has 0 amide bonds. The molecule has 0 fully saturated rings. The Morgan fingerprint density at radius 1 is 1.46 bits per heavy atom. The minimum absolute atomic E-state index is 0.293. The Morgan fingerprint density at radius 2 is 2.08 bits per heavy atom. The summed E-state index contributed by atoms with van der Waals surface area (Å²) >= 11 is 5.93. The maximum absolute atomic E-state index is 8.84. The average molecular weight is 208 g/mol. The lowest BCUT2D eigenvalue weighted by Gasteiger charge is -2.06. The van der Waals surface area contributed by atoms with Crippen LogP contribution in [0.1, 0.15) is 10.8 Å². The van der Waals surface area contributed by atoms with Crippen molar-refractivity contribution in [1.82, 2.24) is 0 Å². The monoisotopic (exact) mass is 208 g/mol. The first-order valence-corrected chi connectivity index (χ1v) is 4.93. The Labute approximate surface area is 86.7 Å². The van der Waals surface area contributed by atoms with Crippen LogP contribution in [-0.2, 0) is 0 Å². The van der Waals surface area contributed by atoms with Gasteiger partial charge in [0, 0.05) is 0 Å². The van der Waals surface area contributed by atoms with Crippen LogP contribution in [0.5, 0.6) is 0 Å². The normalized spacial score (nSPS) is 11.6. The standard InChI is InChI=1S/C9H8N2S2/c10-6-8(13-9(11)12)7-4-2-1-3-5-7/h1-5,8H,(H2,11,12). The molecular formula is C9H8N2S2. The van der Waals surface area contributed by atoms with Crippen molar-refractivity contribution in [2.75, 3.05) is 0 Å². The van der Waals surface area contributed by atoms with Crippen molar-refractivity contribution in [1.29, 1.82) is 5.26 Å². The molecule has 0 aliphatic carbocycles. The number of nitriles is 1. The molecule has 1 aromatic rings. The van der Waals surface area contributed by atoms with E-state index in [1.165, 1.54) is 11.8 Å². The van der Waals surface area contributed by atoms with Crippen LogP contribution in [0.4, 0.5) is 0 Å². The highest BCUT2D eigenvalue weighted by Gasteiger charge is 2.11. The first-order valence-electron chi connectivity index (χ1n) is 3.64. The fraction of sp³-hybridized carbons (Fsp3) is 0.111. The van der Waals surface area contributed by atoms with Crippen LogP contribution in [0.25, 0.3) is 0 Å². The summed E-state index contributed by atoms with van der Waals surface area (Å²) in [5, 5.41) is 8.55. The average Bonchev–Trinajstić information content (AvgIpc) is 2.15. The van der Waals surface area contributed by atoms with Gasteiger partial charge in [0.1, 0.15) is 9.57 Å². The minimum Gasteiger partial charge on any atom is -0.385 e. The molecule has 1 rings (SSSR count). The lowest BCUT2D eigenvalue weighted by Crippen LogP contribution is -2.05. The molecule has 0 spiro atoms. The van der Waals surface area contributed by atoms with Gasteiger partial charge in [-0.3, -0.25) is 0 Å². The molecule has 2 N–H and O–H groups in total. The fourth-order valence-electron chi connectivity index (χ4n) is 0.913. The van der Waals surface area contributed by atoms with Crippen LogP contribution in [0.3, 0.4) is 0 Å². The second-order valence-corrected chi connectivity index (χ2v) is 4.20. The zero-order chi connectivity index (χ0) is 9.68. The highest BCUT2D eigenvalue weighted by molar-refractivity contribution is 8.23. The summed E-state index contributed by atoms with van der Waals surface area (Å²) < 4.78 is 0.301. The molecule has 13 heavy (non-hydrogen) atoms. The smallest absolute Gasteiger partial charge is 0.132 e. The second-order valence-electron chi connectivity index (χ2n) is 2.36. The van der Waals surface area contributed by atoms with Crippen molar-refractivity contribution in [3.8, 4) is 6.07 Å². The number of rotatable bonds is 2. The summed E-state index contributed by atoms with van der Waals surface area (Å²) in [5.41, 5.74) is 6.28. The first kappa shape index (κ1) is 10.0. The summed E-state index contributed by atoms with van der Waals surface area (Å²) in [6.45, 7) is 0. The maximum Gasteiger partial charge on any atom is 0.132 e. The van der Waals surface area contributed by atoms with Crippen molar-refractivity contribution in [3.05, 3.63) is 35.9 Å². The SMILES string of the molecule is N#CC(SC(N)=S)c1ccccc1. The van der Waals surface area contributed by atoms with E-state index in [2.05, 4.69) is 6.07 Å². The van der Waals surface area contributed by atoms with Gasteiger partial charge >= 0.3 is 0 Å². The van der Waals surface area contributed by atoms with Gasteiger partial charge in [-0.1, -0.05) is 54.3 Å². The molecule has 0 bridgehead atoms. The van der Waals surface area contributed by atoms with Crippen LogP contribution in [0, 0.1) is 11.3 Å². The van der Waals surface area contributed by atoms with Gasteiger partial charge in [0.05, 0.1) is 6.07 Å². The molecule has 0 heterocycles. The highest BCUT2D eigenvalue weighted by Crippen LogP contribution is 2.27. The minimum atomic E-state index is -0.293. The molecule has 0 aliphatic heterocycles. The predicted octanol–water partition coefficient (Wildman–Crippen LogP) is 2.23. The molecule has 1 unspecified atom stereocenters. The van der Waals surface area contributed by atoms with E-state index in [0.717, 1.165) is 5.56 Å². The van der Waals surface area contributed by atoms with E-state index in [4.69, 9.17) is 23.2 Å². The number of benzene rings is 1. The van der Waals surface area contributed by atoms with Crippen molar-refractivity contribution in [2.24, 2.45) is 5.73 Å². The van der Waals surface area contributed by atoms with E-state index < -0.39 is 0 Å². The lowest BCUT2D eigenvalue weighted by molar-refractivity contribution is 1.23. The third-order valence-corrected chi connectivity index (χ3v) is 2.59. The van der Waals surface area contributed by atoms with E-state index in [1.807, 2.05) is 30.3 Å². The third-order valence-electron chi connectivity index (χ3n) is 1.45. The van der Waals surface area contributed by atoms with E-state index >= 15 is 0 Å². The molecule has 66 valence electrons. The van der Waals surface area contributed by atoms with Crippen molar-refractivity contribution >= 4 is 28.3 Å². The number of thioether (sulfide) groups is 1. The second kappa shape index (κ2) is 4.85. The highest BCUT2D eigenvalue weighted by atomic mass is 32.2. The third kappa shape index (κ3) is 3.05. The fourth-order valence-corrected chi connectivity index (χ4v) is 1.78. The van der Waals surface area contributed by atoms with Crippen molar-refractivity contribution in [2.45, 2.75) is 5.25 Å². The molecule has 4 heteroatoms. The van der Waals surface area contributed by atoms with Gasteiger partial charge in [0.15, 0.2) is 0 Å². The predicted molar refractivity (Wildman–Crippen MR) is 59.2 cm³/mol. The molecule has 0 aromatic heterocycles.